The second kappa shape index (κ2) is 6.89. The maximum atomic E-state index is 12.0. The third kappa shape index (κ3) is 4.52. The van der Waals surface area contributed by atoms with Gasteiger partial charge in [-0.1, -0.05) is 13.8 Å². The quantitative estimate of drug-likeness (QED) is 0.776. The van der Waals surface area contributed by atoms with E-state index in [2.05, 4.69) is 26.1 Å². The lowest BCUT2D eigenvalue weighted by atomic mass is 9.98. The van der Waals surface area contributed by atoms with Gasteiger partial charge in [0.05, 0.1) is 0 Å². The fourth-order valence-electron chi connectivity index (χ4n) is 2.28. The van der Waals surface area contributed by atoms with Crippen LogP contribution in [0.25, 0.3) is 0 Å². The summed E-state index contributed by atoms with van der Waals surface area (Å²) in [6, 6.07) is 0. The van der Waals surface area contributed by atoms with Crippen molar-refractivity contribution in [3.63, 3.8) is 0 Å². The Morgan fingerprint density at radius 1 is 1.50 bits per heavy atom. The molecule has 0 radical (unpaired) electrons. The van der Waals surface area contributed by atoms with E-state index in [1.54, 1.807) is 0 Å². The van der Waals surface area contributed by atoms with Crippen molar-refractivity contribution in [2.24, 2.45) is 11.8 Å². The summed E-state index contributed by atoms with van der Waals surface area (Å²) in [6.07, 6.45) is 3.20. The van der Waals surface area contributed by atoms with Crippen molar-refractivity contribution < 1.29 is 4.79 Å². The van der Waals surface area contributed by atoms with E-state index in [1.165, 1.54) is 12.8 Å². The van der Waals surface area contributed by atoms with Crippen LogP contribution in [0.1, 0.15) is 40.0 Å². The second-order valence-electron chi connectivity index (χ2n) is 5.24. The van der Waals surface area contributed by atoms with Crippen molar-refractivity contribution in [2.75, 3.05) is 26.2 Å². The van der Waals surface area contributed by atoms with Gasteiger partial charge in [0.1, 0.15) is 0 Å². The van der Waals surface area contributed by atoms with E-state index in [0.717, 1.165) is 26.2 Å². The van der Waals surface area contributed by atoms with Crippen LogP contribution in [0.5, 0.6) is 0 Å². The molecule has 1 saturated heterocycles. The van der Waals surface area contributed by atoms with Crippen molar-refractivity contribution in [2.45, 2.75) is 40.0 Å². The minimum absolute atomic E-state index is 0.322. The van der Waals surface area contributed by atoms with Crippen LogP contribution in [0.15, 0.2) is 0 Å². The molecule has 0 aliphatic carbocycles. The molecule has 1 amide bonds. The summed E-state index contributed by atoms with van der Waals surface area (Å²) in [6.45, 7) is 10.3. The maximum absolute atomic E-state index is 12.0. The number of hydrogen-bond donors (Lipinski definition) is 1. The van der Waals surface area contributed by atoms with Crippen LogP contribution < -0.4 is 5.32 Å². The molecule has 0 aromatic heterocycles. The number of carbonyl (C=O) groups is 1. The highest BCUT2D eigenvalue weighted by Gasteiger charge is 2.19. The summed E-state index contributed by atoms with van der Waals surface area (Å²) in [5.41, 5.74) is 0. The van der Waals surface area contributed by atoms with Crippen LogP contribution >= 0.6 is 0 Å². The predicted octanol–water partition coefficient (Wildman–Crippen LogP) is 1.88. The number of carbonyl (C=O) groups excluding carboxylic acids is 1. The van der Waals surface area contributed by atoms with Gasteiger partial charge < -0.3 is 10.2 Å². The van der Waals surface area contributed by atoms with Gasteiger partial charge in [-0.25, -0.2) is 0 Å². The van der Waals surface area contributed by atoms with Gasteiger partial charge in [0, 0.05) is 19.5 Å². The number of nitrogens with one attached hydrogen (secondary N) is 1. The normalized spacial score (nSPS) is 21.1. The summed E-state index contributed by atoms with van der Waals surface area (Å²) in [5, 5.41) is 3.41. The average molecular weight is 226 g/mol. The molecule has 1 heterocycles. The first-order valence-electron chi connectivity index (χ1n) is 6.62. The molecule has 94 valence electrons. The molecule has 3 nitrogen and oxygen atoms in total. The molecule has 1 aliphatic heterocycles. The molecule has 3 heteroatoms. The first kappa shape index (κ1) is 13.5. The second-order valence-corrected chi connectivity index (χ2v) is 5.24. The van der Waals surface area contributed by atoms with E-state index in [-0.39, 0.29) is 0 Å². The van der Waals surface area contributed by atoms with Crippen LogP contribution in [-0.2, 0) is 4.79 Å². The van der Waals surface area contributed by atoms with E-state index in [0.29, 0.717) is 24.2 Å². The summed E-state index contributed by atoms with van der Waals surface area (Å²) in [4.78, 5) is 14.0. The lowest BCUT2D eigenvalue weighted by Crippen LogP contribution is -2.41. The van der Waals surface area contributed by atoms with Gasteiger partial charge >= 0.3 is 0 Å². The van der Waals surface area contributed by atoms with E-state index in [4.69, 9.17) is 0 Å². The molecule has 16 heavy (non-hydrogen) atoms. The van der Waals surface area contributed by atoms with Gasteiger partial charge in [-0.3, -0.25) is 4.79 Å². The van der Waals surface area contributed by atoms with Crippen LogP contribution in [0, 0.1) is 11.8 Å². The fraction of sp³-hybridized carbons (Fsp3) is 0.923. The zero-order valence-electron chi connectivity index (χ0n) is 11.0. The molecule has 0 aromatic carbocycles. The Kier molecular flexibility index (Phi) is 5.81. The Labute approximate surface area is 99.6 Å². The molecule has 1 aliphatic rings. The zero-order valence-corrected chi connectivity index (χ0v) is 11.0. The van der Waals surface area contributed by atoms with Gasteiger partial charge in [0.2, 0.25) is 5.91 Å². The molecular weight excluding hydrogens is 200 g/mol. The highest BCUT2D eigenvalue weighted by molar-refractivity contribution is 5.76. The summed E-state index contributed by atoms with van der Waals surface area (Å²) < 4.78 is 0. The molecule has 0 aromatic rings. The van der Waals surface area contributed by atoms with Gasteiger partial charge in [0.25, 0.3) is 0 Å². The largest absolute Gasteiger partial charge is 0.343 e. The molecular formula is C13H26N2O. The Balaban J connectivity index is 2.37. The van der Waals surface area contributed by atoms with Crippen molar-refractivity contribution in [3.05, 3.63) is 0 Å². The minimum atomic E-state index is 0.322. The van der Waals surface area contributed by atoms with Crippen LogP contribution in [0.4, 0.5) is 0 Å². The topological polar surface area (TPSA) is 32.3 Å². The summed E-state index contributed by atoms with van der Waals surface area (Å²) in [7, 11) is 0. The Morgan fingerprint density at radius 3 is 2.75 bits per heavy atom. The Morgan fingerprint density at radius 2 is 2.25 bits per heavy atom. The third-order valence-corrected chi connectivity index (χ3v) is 3.19. The lowest BCUT2D eigenvalue weighted by molar-refractivity contribution is -0.132. The fourth-order valence-corrected chi connectivity index (χ4v) is 2.28. The summed E-state index contributed by atoms with van der Waals surface area (Å²) >= 11 is 0. The maximum Gasteiger partial charge on any atom is 0.222 e. The monoisotopic (exact) mass is 226 g/mol. The summed E-state index contributed by atoms with van der Waals surface area (Å²) in [5.74, 6) is 1.44. The lowest BCUT2D eigenvalue weighted by Gasteiger charge is -2.30. The van der Waals surface area contributed by atoms with E-state index in [9.17, 15) is 4.79 Å². The molecule has 1 N–H and O–H groups in total. The standard InChI is InChI=1S/C13H26N2O/c1-4-15(13(16)8-11(2)3)10-12-6-5-7-14-9-12/h11-12,14H,4-10H2,1-3H3. The minimum Gasteiger partial charge on any atom is -0.343 e. The number of hydrogen-bond acceptors (Lipinski definition) is 2. The van der Waals surface area contributed by atoms with E-state index < -0.39 is 0 Å². The number of amides is 1. The van der Waals surface area contributed by atoms with Crippen LogP contribution in [-0.4, -0.2) is 37.0 Å². The molecule has 1 rings (SSSR count). The molecule has 1 unspecified atom stereocenters. The molecule has 0 spiro atoms. The van der Waals surface area contributed by atoms with Gasteiger partial charge in [-0.2, -0.15) is 0 Å². The SMILES string of the molecule is CCN(CC1CCCNC1)C(=O)CC(C)C. The Bertz CT molecular complexity index is 210. The number of nitrogens with zero attached hydrogens (tertiary/aromatic N) is 1. The van der Waals surface area contributed by atoms with Gasteiger partial charge in [-0.15, -0.1) is 0 Å². The molecule has 0 saturated carbocycles. The first-order valence-corrected chi connectivity index (χ1v) is 6.62. The Hall–Kier alpha value is -0.570. The van der Waals surface area contributed by atoms with E-state index >= 15 is 0 Å². The van der Waals surface area contributed by atoms with Gasteiger partial charge in [0.15, 0.2) is 0 Å². The van der Waals surface area contributed by atoms with Crippen molar-refractivity contribution >= 4 is 5.91 Å². The first-order chi connectivity index (χ1) is 7.63. The number of rotatable bonds is 5. The van der Waals surface area contributed by atoms with E-state index in [1.807, 2.05) is 4.90 Å². The van der Waals surface area contributed by atoms with Gasteiger partial charge in [-0.05, 0) is 44.7 Å². The molecule has 1 fully saturated rings. The highest BCUT2D eigenvalue weighted by Crippen LogP contribution is 2.13. The zero-order chi connectivity index (χ0) is 12.0. The van der Waals surface area contributed by atoms with Crippen molar-refractivity contribution in [3.8, 4) is 0 Å². The predicted molar refractivity (Wildman–Crippen MR) is 67.3 cm³/mol. The van der Waals surface area contributed by atoms with Crippen molar-refractivity contribution in [1.29, 1.82) is 0 Å². The highest BCUT2D eigenvalue weighted by atomic mass is 16.2. The average Bonchev–Trinajstić information content (AvgIpc) is 2.26. The van der Waals surface area contributed by atoms with Crippen LogP contribution in [0.3, 0.4) is 0 Å². The molecule has 1 atom stereocenters. The van der Waals surface area contributed by atoms with Crippen molar-refractivity contribution in [1.82, 2.24) is 10.2 Å². The molecule has 0 bridgehead atoms. The smallest absolute Gasteiger partial charge is 0.222 e. The third-order valence-electron chi connectivity index (χ3n) is 3.19. The van der Waals surface area contributed by atoms with Crippen LogP contribution in [0.2, 0.25) is 0 Å². The number of piperidine rings is 1.